The van der Waals surface area contributed by atoms with Crippen molar-refractivity contribution >= 4 is 32.6 Å². The molecule has 1 saturated carbocycles. The van der Waals surface area contributed by atoms with Crippen molar-refractivity contribution in [2.75, 3.05) is 18.2 Å². The summed E-state index contributed by atoms with van der Waals surface area (Å²) >= 11 is 0. The fraction of sp³-hybridized carbons (Fsp3) is 0.520. The summed E-state index contributed by atoms with van der Waals surface area (Å²) in [4.78, 5) is 21.3. The second kappa shape index (κ2) is 10.5. The van der Waals surface area contributed by atoms with Crippen molar-refractivity contribution in [2.24, 2.45) is 0 Å². The molecular weight excluding hydrogens is 480 g/mol. The number of nitrogens with one attached hydrogen (secondary N) is 2. The Balaban J connectivity index is 1.35. The van der Waals surface area contributed by atoms with Crippen LogP contribution in [0.4, 0.5) is 5.82 Å². The first kappa shape index (κ1) is 26.0. The van der Waals surface area contributed by atoms with Crippen molar-refractivity contribution in [3.05, 3.63) is 36.8 Å². The summed E-state index contributed by atoms with van der Waals surface area (Å²) in [7, 11) is -3.27. The van der Waals surface area contributed by atoms with Crippen molar-refractivity contribution in [3.63, 3.8) is 0 Å². The predicted octanol–water partition coefficient (Wildman–Crippen LogP) is 3.26. The number of sulfone groups is 1. The number of carbonyl (C=O) groups excluding carboxylic acids is 1. The number of hydrogen-bond acceptors (Lipinski definition) is 8. The van der Waals surface area contributed by atoms with Crippen molar-refractivity contribution in [3.8, 4) is 5.69 Å². The molecule has 0 aliphatic heterocycles. The van der Waals surface area contributed by atoms with Gasteiger partial charge in [-0.2, -0.15) is 5.10 Å². The van der Waals surface area contributed by atoms with Crippen LogP contribution >= 0.6 is 0 Å². The van der Waals surface area contributed by atoms with Gasteiger partial charge in [-0.05, 0) is 70.7 Å². The number of ether oxygens (including phenoxy) is 1. The van der Waals surface area contributed by atoms with E-state index in [0.717, 1.165) is 31.1 Å². The van der Waals surface area contributed by atoms with Gasteiger partial charge in [0.15, 0.2) is 15.5 Å². The highest BCUT2D eigenvalue weighted by atomic mass is 32.2. The summed E-state index contributed by atoms with van der Waals surface area (Å²) in [5.41, 5.74) is 1.11. The Morgan fingerprint density at radius 1 is 1.08 bits per heavy atom. The van der Waals surface area contributed by atoms with Gasteiger partial charge in [0.05, 0.1) is 34.4 Å². The van der Waals surface area contributed by atoms with E-state index in [1.807, 2.05) is 20.8 Å². The zero-order valence-electron chi connectivity index (χ0n) is 21.2. The monoisotopic (exact) mass is 514 g/mol. The first-order valence-electron chi connectivity index (χ1n) is 12.2. The molecule has 0 unspecified atom stereocenters. The van der Waals surface area contributed by atoms with E-state index in [1.54, 1.807) is 35.1 Å². The molecule has 1 aromatic carbocycles. The van der Waals surface area contributed by atoms with Gasteiger partial charge in [-0.25, -0.2) is 23.1 Å². The van der Waals surface area contributed by atoms with Crippen molar-refractivity contribution < 1.29 is 17.9 Å². The van der Waals surface area contributed by atoms with E-state index in [4.69, 9.17) is 4.74 Å². The van der Waals surface area contributed by atoms with Crippen LogP contribution in [0.1, 0.15) is 52.9 Å². The molecule has 0 spiro atoms. The first-order valence-corrected chi connectivity index (χ1v) is 14.1. The zero-order valence-corrected chi connectivity index (χ0v) is 22.0. The van der Waals surface area contributed by atoms with Gasteiger partial charge >= 0.3 is 0 Å². The van der Waals surface area contributed by atoms with Crippen LogP contribution < -0.4 is 10.6 Å². The molecular formula is C25H34N6O4S. The molecule has 2 N–H and O–H groups in total. The number of anilines is 1. The van der Waals surface area contributed by atoms with Crippen LogP contribution in [-0.2, 0) is 19.4 Å². The van der Waals surface area contributed by atoms with E-state index >= 15 is 0 Å². The van der Waals surface area contributed by atoms with E-state index in [9.17, 15) is 13.2 Å². The molecule has 4 rings (SSSR count). The van der Waals surface area contributed by atoms with Gasteiger partial charge in [-0.3, -0.25) is 4.79 Å². The molecule has 0 bridgehead atoms. The van der Waals surface area contributed by atoms with E-state index in [2.05, 4.69) is 25.7 Å². The van der Waals surface area contributed by atoms with Gasteiger partial charge in [0.1, 0.15) is 12.1 Å². The quantitative estimate of drug-likeness (QED) is 0.469. The van der Waals surface area contributed by atoms with Crippen molar-refractivity contribution in [1.82, 2.24) is 25.1 Å². The van der Waals surface area contributed by atoms with Gasteiger partial charge in [0.2, 0.25) is 5.91 Å². The maximum atomic E-state index is 12.2. The van der Waals surface area contributed by atoms with Crippen molar-refractivity contribution in [1.29, 1.82) is 0 Å². The number of benzene rings is 1. The molecule has 0 saturated heterocycles. The van der Waals surface area contributed by atoms with Gasteiger partial charge in [-0.15, -0.1) is 0 Å². The molecule has 36 heavy (non-hydrogen) atoms. The van der Waals surface area contributed by atoms with Gasteiger partial charge in [0.25, 0.3) is 0 Å². The normalized spacial score (nSPS) is 18.8. The third-order valence-electron chi connectivity index (χ3n) is 6.17. The van der Waals surface area contributed by atoms with E-state index in [0.29, 0.717) is 30.2 Å². The van der Waals surface area contributed by atoms with Crippen LogP contribution in [0.3, 0.4) is 0 Å². The average Bonchev–Trinajstić information content (AvgIpc) is 3.24. The highest BCUT2D eigenvalue weighted by molar-refractivity contribution is 7.90. The topological polar surface area (TPSA) is 128 Å². The Labute approximate surface area is 211 Å². The van der Waals surface area contributed by atoms with Gasteiger partial charge in [-0.1, -0.05) is 0 Å². The highest BCUT2D eigenvalue weighted by Gasteiger charge is 2.24. The summed E-state index contributed by atoms with van der Waals surface area (Å²) in [6.45, 7) is 6.36. The molecule has 194 valence electrons. The molecule has 11 heteroatoms. The predicted molar refractivity (Wildman–Crippen MR) is 138 cm³/mol. The SMILES string of the molecule is CC(C)(C)OCCC(=O)N[C@H]1CC[C@@H](Nc2ncnc3c2cnn3-c2ccc(S(C)(=O)=O)cc2)CC1. The molecule has 1 amide bonds. The minimum absolute atomic E-state index is 0.0325. The zero-order chi connectivity index (χ0) is 25.9. The van der Waals surface area contributed by atoms with E-state index in [-0.39, 0.29) is 28.5 Å². The molecule has 1 aliphatic carbocycles. The Kier molecular flexibility index (Phi) is 7.60. The molecule has 1 fully saturated rings. The second-order valence-corrected chi connectivity index (χ2v) is 12.3. The lowest BCUT2D eigenvalue weighted by Gasteiger charge is -2.30. The van der Waals surface area contributed by atoms with Crippen LogP contribution in [-0.4, -0.2) is 64.6 Å². The van der Waals surface area contributed by atoms with Crippen molar-refractivity contribution in [2.45, 2.75) is 75.5 Å². The molecule has 2 aromatic heterocycles. The lowest BCUT2D eigenvalue weighted by Crippen LogP contribution is -2.40. The number of aromatic nitrogens is 4. The largest absolute Gasteiger partial charge is 0.375 e. The second-order valence-electron chi connectivity index (χ2n) is 10.3. The minimum atomic E-state index is -3.27. The maximum Gasteiger partial charge on any atom is 0.222 e. The fourth-order valence-corrected chi connectivity index (χ4v) is 4.94. The Morgan fingerprint density at radius 3 is 2.39 bits per heavy atom. The van der Waals surface area contributed by atoms with Crippen LogP contribution in [0.5, 0.6) is 0 Å². The molecule has 3 aromatic rings. The standard InChI is InChI=1S/C25H34N6O4S/c1-25(2,3)35-14-13-22(32)29-17-5-7-18(8-6-17)30-23-21-15-28-31(24(21)27-16-26-23)19-9-11-20(12-10-19)36(4,33)34/h9-12,15-18H,5-8,13-14H2,1-4H3,(H,29,32)(H,26,27,30)/t17-,18+. The Hall–Kier alpha value is -3.05. The lowest BCUT2D eigenvalue weighted by atomic mass is 9.91. The molecule has 2 heterocycles. The van der Waals surface area contributed by atoms with Crippen LogP contribution in [0.2, 0.25) is 0 Å². The fourth-order valence-electron chi connectivity index (χ4n) is 4.31. The Bertz CT molecular complexity index is 1310. The van der Waals surface area contributed by atoms with E-state index < -0.39 is 9.84 Å². The van der Waals surface area contributed by atoms with Gasteiger partial charge in [0, 0.05) is 24.8 Å². The van der Waals surface area contributed by atoms with Crippen LogP contribution in [0.15, 0.2) is 41.7 Å². The average molecular weight is 515 g/mol. The van der Waals surface area contributed by atoms with Crippen LogP contribution in [0, 0.1) is 0 Å². The number of hydrogen-bond donors (Lipinski definition) is 2. The third-order valence-corrected chi connectivity index (χ3v) is 7.30. The first-order chi connectivity index (χ1) is 17.0. The van der Waals surface area contributed by atoms with Crippen LogP contribution in [0.25, 0.3) is 16.7 Å². The summed E-state index contributed by atoms with van der Waals surface area (Å²) in [5.74, 6) is 0.746. The Morgan fingerprint density at radius 2 is 1.75 bits per heavy atom. The minimum Gasteiger partial charge on any atom is -0.375 e. The lowest BCUT2D eigenvalue weighted by molar-refractivity contribution is -0.124. The molecule has 1 aliphatic rings. The number of amides is 1. The maximum absolute atomic E-state index is 12.2. The summed E-state index contributed by atoms with van der Waals surface area (Å²) in [5, 5.41) is 11.9. The van der Waals surface area contributed by atoms with Gasteiger partial charge < -0.3 is 15.4 Å². The summed E-state index contributed by atoms with van der Waals surface area (Å²) < 4.78 is 30.8. The molecule has 10 nitrogen and oxygen atoms in total. The third kappa shape index (κ3) is 6.58. The molecule has 0 radical (unpaired) electrons. The number of nitrogens with zero attached hydrogens (tertiary/aromatic N) is 4. The summed E-state index contributed by atoms with van der Waals surface area (Å²) in [6, 6.07) is 6.96. The number of fused-ring (bicyclic) bond motifs is 1. The number of rotatable bonds is 8. The van der Waals surface area contributed by atoms with E-state index in [1.165, 1.54) is 12.6 Å². The summed E-state index contributed by atoms with van der Waals surface area (Å²) in [6.07, 6.45) is 8.38. The highest BCUT2D eigenvalue weighted by Crippen LogP contribution is 2.26. The molecule has 0 atom stereocenters. The number of carbonyl (C=O) groups is 1. The smallest absolute Gasteiger partial charge is 0.222 e.